The third-order valence-corrected chi connectivity index (χ3v) is 6.59. The minimum Gasteiger partial charge on any atom is -0.445 e. The van der Waals surface area contributed by atoms with Crippen molar-refractivity contribution in [2.75, 3.05) is 0 Å². The maximum atomic E-state index is 14.0. The highest BCUT2D eigenvalue weighted by atomic mass is 19.1. The summed E-state index contributed by atoms with van der Waals surface area (Å²) in [5, 5.41) is 51.7. The highest BCUT2D eigenvalue weighted by Crippen LogP contribution is 2.24. The van der Waals surface area contributed by atoms with Crippen LogP contribution in [-0.2, 0) is 29.0 Å². The van der Waals surface area contributed by atoms with Gasteiger partial charge in [0.1, 0.15) is 17.5 Å². The summed E-state index contributed by atoms with van der Waals surface area (Å²) in [7, 11) is -3.28. The highest BCUT2D eigenvalue weighted by molar-refractivity contribution is 6.76. The molecule has 0 heterocycles. The van der Waals surface area contributed by atoms with Crippen LogP contribution in [-0.4, -0.2) is 52.0 Å². The van der Waals surface area contributed by atoms with E-state index in [4.69, 9.17) is 9.23 Å². The van der Waals surface area contributed by atoms with E-state index in [9.17, 15) is 38.5 Å². The molecule has 13 heteroatoms. The van der Waals surface area contributed by atoms with Gasteiger partial charge in [-0.1, -0.05) is 31.5 Å². The minimum atomic E-state index is -1.77. The van der Waals surface area contributed by atoms with Crippen molar-refractivity contribution >= 4 is 37.5 Å². The van der Waals surface area contributed by atoms with Crippen LogP contribution in [0.5, 0.6) is 0 Å². The van der Waals surface area contributed by atoms with E-state index in [2.05, 4.69) is 0 Å². The van der Waals surface area contributed by atoms with Crippen molar-refractivity contribution in [3.05, 3.63) is 88.7 Å². The van der Waals surface area contributed by atoms with Gasteiger partial charge in [0.15, 0.2) is 0 Å². The van der Waals surface area contributed by atoms with Gasteiger partial charge in [0.2, 0.25) is 0 Å². The van der Waals surface area contributed by atoms with Gasteiger partial charge >= 0.3 is 21.2 Å². The number of rotatable bonds is 13. The van der Waals surface area contributed by atoms with Crippen molar-refractivity contribution in [3.63, 3.8) is 0 Å². The molecular formula is C26H30B3F3O7. The third kappa shape index (κ3) is 7.31. The van der Waals surface area contributed by atoms with Gasteiger partial charge in [-0.3, -0.25) is 0 Å². The Kier molecular flexibility index (Phi) is 10.8. The van der Waals surface area contributed by atoms with Crippen molar-refractivity contribution in [2.24, 2.45) is 0 Å². The van der Waals surface area contributed by atoms with Crippen LogP contribution in [0.3, 0.4) is 0 Å². The Balaban J connectivity index is 2.08. The molecule has 7 nitrogen and oxygen atoms in total. The van der Waals surface area contributed by atoms with Crippen LogP contribution in [0.15, 0.2) is 54.6 Å². The zero-order valence-corrected chi connectivity index (χ0v) is 21.7. The second-order valence-electron chi connectivity index (χ2n) is 9.41. The molecule has 39 heavy (non-hydrogen) atoms. The summed E-state index contributed by atoms with van der Waals surface area (Å²) in [6, 6.07) is 10.4. The number of benzene rings is 3. The summed E-state index contributed by atoms with van der Waals surface area (Å²) >= 11 is 0. The van der Waals surface area contributed by atoms with E-state index in [1.807, 2.05) is 6.92 Å². The summed E-state index contributed by atoms with van der Waals surface area (Å²) in [5.41, 5.74) is -0.803. The average Bonchev–Trinajstić information content (AvgIpc) is 2.92. The predicted octanol–water partition coefficient (Wildman–Crippen LogP) is 0.686. The molecule has 3 aromatic carbocycles. The SMILES string of the molecule is CCCC(C)(OB(OB(O)c1ccc(F)cc1CO)c1ccc(F)cc1CO)B(O)c1ccc(F)cc1CO. The van der Waals surface area contributed by atoms with Crippen molar-refractivity contribution in [3.8, 4) is 0 Å². The lowest BCUT2D eigenvalue weighted by atomic mass is 9.46. The van der Waals surface area contributed by atoms with Crippen LogP contribution in [0.4, 0.5) is 13.2 Å². The van der Waals surface area contributed by atoms with Gasteiger partial charge in [-0.2, -0.15) is 0 Å². The maximum absolute atomic E-state index is 14.0. The molecule has 0 aliphatic carbocycles. The van der Waals surface area contributed by atoms with E-state index in [0.717, 1.165) is 36.4 Å². The molecule has 0 aromatic heterocycles. The molecule has 3 aromatic rings. The van der Waals surface area contributed by atoms with Gasteiger partial charge in [0.25, 0.3) is 0 Å². The number of aliphatic hydroxyl groups is 3. The van der Waals surface area contributed by atoms with E-state index in [1.165, 1.54) is 18.2 Å². The summed E-state index contributed by atoms with van der Waals surface area (Å²) in [6.45, 7) is 0.225. The van der Waals surface area contributed by atoms with Gasteiger partial charge in [0, 0.05) is 0 Å². The summed E-state index contributed by atoms with van der Waals surface area (Å²) < 4.78 is 53.7. The molecule has 206 valence electrons. The smallest absolute Gasteiger partial charge is 0.445 e. The van der Waals surface area contributed by atoms with Crippen molar-refractivity contribution in [1.29, 1.82) is 0 Å². The van der Waals surface area contributed by atoms with Gasteiger partial charge in [-0.15, -0.1) is 0 Å². The molecule has 0 saturated carbocycles. The van der Waals surface area contributed by atoms with E-state index in [-0.39, 0.29) is 39.5 Å². The molecule has 1 atom stereocenters. The first-order chi connectivity index (χ1) is 18.6. The number of hydrogen-bond donors (Lipinski definition) is 5. The lowest BCUT2D eigenvalue weighted by molar-refractivity contribution is 0.120. The minimum absolute atomic E-state index is 0.0407. The fourth-order valence-electron chi connectivity index (χ4n) is 4.56. The molecule has 0 amide bonds. The molecular weight excluding hydrogens is 514 g/mol. The molecule has 0 spiro atoms. The molecule has 0 fully saturated rings. The Morgan fingerprint density at radius 3 is 1.64 bits per heavy atom. The topological polar surface area (TPSA) is 120 Å². The van der Waals surface area contributed by atoms with E-state index in [1.54, 1.807) is 6.92 Å². The van der Waals surface area contributed by atoms with Crippen LogP contribution < -0.4 is 16.4 Å². The van der Waals surface area contributed by atoms with Crippen LogP contribution in [0.2, 0.25) is 0 Å². The lowest BCUT2D eigenvalue weighted by Crippen LogP contribution is -2.60. The van der Waals surface area contributed by atoms with Gasteiger partial charge < -0.3 is 34.6 Å². The Bertz CT molecular complexity index is 1270. The molecule has 0 aliphatic rings. The Hall–Kier alpha value is -2.64. The largest absolute Gasteiger partial charge is 0.480 e. The lowest BCUT2D eigenvalue weighted by Gasteiger charge is -2.36. The Morgan fingerprint density at radius 1 is 0.718 bits per heavy atom. The second kappa shape index (κ2) is 13.6. The molecule has 0 bridgehead atoms. The van der Waals surface area contributed by atoms with Gasteiger partial charge in [-0.25, -0.2) is 13.2 Å². The number of hydrogen-bond acceptors (Lipinski definition) is 7. The predicted molar refractivity (Wildman–Crippen MR) is 143 cm³/mol. The Labute approximate surface area is 226 Å². The van der Waals surface area contributed by atoms with E-state index in [0.29, 0.717) is 6.42 Å². The molecule has 0 radical (unpaired) electrons. The first-order valence-corrected chi connectivity index (χ1v) is 12.4. The molecule has 0 saturated heterocycles. The fourth-order valence-corrected chi connectivity index (χ4v) is 4.56. The standard InChI is InChI=1S/C26H30B3F3O7/c1-3-10-26(2,27(36)23-7-4-20(30)11-17(23)14-33)38-29(25-9-6-22(32)13-19(25)16-35)39-28(37)24-8-5-21(31)12-18(24)15-34/h4-9,11-13,33-37H,3,10,14-16H2,1-2H3. The molecule has 5 N–H and O–H groups in total. The Morgan fingerprint density at radius 2 is 1.15 bits per heavy atom. The highest BCUT2D eigenvalue weighted by Gasteiger charge is 2.45. The number of halogens is 3. The zero-order valence-electron chi connectivity index (χ0n) is 21.7. The summed E-state index contributed by atoms with van der Waals surface area (Å²) in [6.07, 6.45) is 0.724. The summed E-state index contributed by atoms with van der Waals surface area (Å²) in [4.78, 5) is 0. The molecule has 1 unspecified atom stereocenters. The molecule has 3 rings (SSSR count). The molecule has 0 aliphatic heterocycles. The van der Waals surface area contributed by atoms with Crippen molar-refractivity contribution in [2.45, 2.75) is 52.0 Å². The quantitative estimate of drug-likeness (QED) is 0.201. The average molecular weight is 544 g/mol. The van der Waals surface area contributed by atoms with Gasteiger partial charge in [0.05, 0.1) is 25.3 Å². The summed E-state index contributed by atoms with van der Waals surface area (Å²) in [5.74, 6) is -1.88. The fraction of sp³-hybridized carbons (Fsp3) is 0.308. The second-order valence-corrected chi connectivity index (χ2v) is 9.41. The van der Waals surface area contributed by atoms with E-state index < -0.39 is 63.9 Å². The first kappa shape index (κ1) is 30.9. The van der Waals surface area contributed by atoms with Crippen LogP contribution in [0.25, 0.3) is 0 Å². The van der Waals surface area contributed by atoms with Crippen molar-refractivity contribution < 1.29 is 47.8 Å². The van der Waals surface area contributed by atoms with Crippen LogP contribution in [0, 0.1) is 17.5 Å². The monoisotopic (exact) mass is 544 g/mol. The first-order valence-electron chi connectivity index (χ1n) is 12.4. The maximum Gasteiger partial charge on any atom is 0.480 e. The van der Waals surface area contributed by atoms with Gasteiger partial charge in [-0.05, 0) is 82.8 Å². The van der Waals surface area contributed by atoms with Crippen LogP contribution in [0.1, 0.15) is 43.4 Å². The number of aliphatic hydroxyl groups excluding tert-OH is 3. The van der Waals surface area contributed by atoms with E-state index >= 15 is 0 Å². The third-order valence-electron chi connectivity index (χ3n) is 6.59. The zero-order chi connectivity index (χ0) is 28.7. The normalized spacial score (nSPS) is 12.8. The van der Waals surface area contributed by atoms with Crippen LogP contribution >= 0.6 is 0 Å². The van der Waals surface area contributed by atoms with Crippen molar-refractivity contribution in [1.82, 2.24) is 0 Å².